The second-order valence-corrected chi connectivity index (χ2v) is 8.92. The molecule has 2 aliphatic heterocycles. The molecule has 0 radical (unpaired) electrons. The van der Waals surface area contributed by atoms with E-state index in [1.807, 2.05) is 52.3 Å². The van der Waals surface area contributed by atoms with Crippen LogP contribution in [-0.2, 0) is 17.8 Å². The van der Waals surface area contributed by atoms with Gasteiger partial charge in [-0.3, -0.25) is 19.2 Å². The molecule has 0 aliphatic carbocycles. The van der Waals surface area contributed by atoms with Crippen LogP contribution in [-0.4, -0.2) is 70.7 Å². The van der Waals surface area contributed by atoms with Crippen molar-refractivity contribution in [1.82, 2.24) is 19.6 Å². The number of hydrogen-bond acceptors (Lipinski definition) is 4. The zero-order chi connectivity index (χ0) is 22.8. The first-order chi connectivity index (χ1) is 16.1. The molecule has 3 heterocycles. The summed E-state index contributed by atoms with van der Waals surface area (Å²) in [4.78, 5) is 31.7. The van der Waals surface area contributed by atoms with Crippen LogP contribution in [0.15, 0.2) is 60.9 Å². The van der Waals surface area contributed by atoms with Gasteiger partial charge in [0.05, 0.1) is 24.8 Å². The molecule has 3 aromatic rings. The third-order valence-corrected chi connectivity index (χ3v) is 6.75. The van der Waals surface area contributed by atoms with E-state index in [2.05, 4.69) is 16.1 Å². The molecule has 5 rings (SSSR count). The molecular weight excluding hydrogens is 438 g/mol. The maximum Gasteiger partial charge on any atom is 0.257 e. The highest BCUT2D eigenvalue weighted by atomic mass is 35.5. The van der Waals surface area contributed by atoms with E-state index in [1.165, 1.54) is 5.56 Å². The average molecular weight is 464 g/mol. The minimum atomic E-state index is -0.0279. The average Bonchev–Trinajstić information content (AvgIpc) is 3.48. The Morgan fingerprint density at radius 2 is 1.70 bits per heavy atom. The van der Waals surface area contributed by atoms with Crippen molar-refractivity contribution >= 4 is 29.1 Å². The molecule has 2 amide bonds. The molecule has 0 unspecified atom stereocenters. The highest BCUT2D eigenvalue weighted by molar-refractivity contribution is 6.31. The Balaban J connectivity index is 1.14. The van der Waals surface area contributed by atoms with Gasteiger partial charge in [0.15, 0.2) is 0 Å². The van der Waals surface area contributed by atoms with E-state index >= 15 is 0 Å². The van der Waals surface area contributed by atoms with Crippen LogP contribution >= 0.6 is 11.6 Å². The van der Waals surface area contributed by atoms with Crippen molar-refractivity contribution in [2.45, 2.75) is 13.0 Å². The Hall–Kier alpha value is -3.16. The van der Waals surface area contributed by atoms with Crippen molar-refractivity contribution in [3.63, 3.8) is 0 Å². The summed E-state index contributed by atoms with van der Waals surface area (Å²) in [6.45, 7) is 4.20. The van der Waals surface area contributed by atoms with Crippen molar-refractivity contribution in [3.05, 3.63) is 82.6 Å². The molecule has 33 heavy (non-hydrogen) atoms. The van der Waals surface area contributed by atoms with Gasteiger partial charge in [-0.05, 0) is 29.7 Å². The maximum atomic E-state index is 13.0. The van der Waals surface area contributed by atoms with Crippen molar-refractivity contribution in [2.75, 3.05) is 44.2 Å². The smallest absolute Gasteiger partial charge is 0.257 e. The summed E-state index contributed by atoms with van der Waals surface area (Å²) in [6, 6.07) is 15.7. The van der Waals surface area contributed by atoms with Gasteiger partial charge < -0.3 is 9.80 Å². The van der Waals surface area contributed by atoms with Crippen LogP contribution in [0.25, 0.3) is 0 Å². The van der Waals surface area contributed by atoms with Crippen LogP contribution in [0.4, 0.5) is 5.69 Å². The Labute approximate surface area is 198 Å². The topological polar surface area (TPSA) is 61.7 Å². The van der Waals surface area contributed by atoms with E-state index in [9.17, 15) is 9.59 Å². The molecule has 2 aromatic carbocycles. The first-order valence-corrected chi connectivity index (χ1v) is 11.6. The van der Waals surface area contributed by atoms with Crippen molar-refractivity contribution in [3.8, 4) is 0 Å². The molecule has 7 nitrogen and oxygen atoms in total. The SMILES string of the molecule is O=C(c1cnn(Cc2ccccc2Cl)c1)N1CCN(CC(=O)N2CCc3ccccc32)CC1. The van der Waals surface area contributed by atoms with E-state index in [0.717, 1.165) is 24.2 Å². The number of carbonyl (C=O) groups excluding carboxylic acids is 2. The van der Waals surface area contributed by atoms with Crippen molar-refractivity contribution in [2.24, 2.45) is 0 Å². The Morgan fingerprint density at radius 3 is 2.52 bits per heavy atom. The summed E-state index contributed by atoms with van der Waals surface area (Å²) >= 11 is 6.23. The largest absolute Gasteiger partial charge is 0.336 e. The first kappa shape index (κ1) is 21.7. The summed E-state index contributed by atoms with van der Waals surface area (Å²) in [5.74, 6) is 0.0976. The lowest BCUT2D eigenvalue weighted by atomic mass is 10.2. The molecule has 0 atom stereocenters. The van der Waals surface area contributed by atoms with Crippen LogP contribution < -0.4 is 4.90 Å². The Morgan fingerprint density at radius 1 is 0.939 bits per heavy atom. The maximum absolute atomic E-state index is 13.0. The van der Waals surface area contributed by atoms with Gasteiger partial charge in [0.1, 0.15) is 0 Å². The fraction of sp³-hybridized carbons (Fsp3) is 0.320. The predicted molar refractivity (Wildman–Crippen MR) is 128 cm³/mol. The predicted octanol–water partition coefficient (Wildman–Crippen LogP) is 2.93. The highest BCUT2D eigenvalue weighted by Gasteiger charge is 2.28. The number of benzene rings is 2. The molecule has 1 fully saturated rings. The van der Waals surface area contributed by atoms with Gasteiger partial charge in [0, 0.05) is 49.6 Å². The molecule has 8 heteroatoms. The van der Waals surface area contributed by atoms with Crippen LogP contribution in [0, 0.1) is 0 Å². The number of rotatable bonds is 5. The van der Waals surface area contributed by atoms with Gasteiger partial charge in [-0.1, -0.05) is 48.0 Å². The molecule has 1 aromatic heterocycles. The van der Waals surface area contributed by atoms with Gasteiger partial charge >= 0.3 is 0 Å². The van der Waals surface area contributed by atoms with Gasteiger partial charge in [0.25, 0.3) is 5.91 Å². The lowest BCUT2D eigenvalue weighted by Crippen LogP contribution is -2.51. The second kappa shape index (κ2) is 9.37. The normalized spacial score (nSPS) is 16.2. The summed E-state index contributed by atoms with van der Waals surface area (Å²) < 4.78 is 1.73. The van der Waals surface area contributed by atoms with E-state index < -0.39 is 0 Å². The zero-order valence-corrected chi connectivity index (χ0v) is 19.1. The van der Waals surface area contributed by atoms with E-state index in [0.29, 0.717) is 49.9 Å². The second-order valence-electron chi connectivity index (χ2n) is 8.51. The number of aromatic nitrogens is 2. The number of para-hydroxylation sites is 1. The molecule has 0 spiro atoms. The molecule has 0 N–H and O–H groups in total. The summed E-state index contributed by atoms with van der Waals surface area (Å²) in [7, 11) is 0. The van der Waals surface area contributed by atoms with Gasteiger partial charge in [-0.15, -0.1) is 0 Å². The monoisotopic (exact) mass is 463 g/mol. The number of fused-ring (bicyclic) bond motifs is 1. The fourth-order valence-electron chi connectivity index (χ4n) is 4.53. The first-order valence-electron chi connectivity index (χ1n) is 11.2. The van der Waals surface area contributed by atoms with Crippen LogP contribution in [0.2, 0.25) is 5.02 Å². The third kappa shape index (κ3) is 4.65. The number of hydrogen-bond donors (Lipinski definition) is 0. The highest BCUT2D eigenvalue weighted by Crippen LogP contribution is 2.27. The molecule has 170 valence electrons. The standard InChI is InChI=1S/C25H26ClN5O2/c26-22-7-3-1-6-20(22)16-30-17-21(15-27-30)25(33)29-13-11-28(12-14-29)18-24(32)31-10-9-19-5-2-4-8-23(19)31/h1-8,15,17H,9-14,16,18H2. The summed E-state index contributed by atoms with van der Waals surface area (Å²) in [6.07, 6.45) is 4.29. The molecule has 0 saturated carbocycles. The van der Waals surface area contributed by atoms with Crippen molar-refractivity contribution in [1.29, 1.82) is 0 Å². The Bertz CT molecular complexity index is 1170. The third-order valence-electron chi connectivity index (χ3n) is 6.38. The van der Waals surface area contributed by atoms with Gasteiger partial charge in [-0.25, -0.2) is 0 Å². The van der Waals surface area contributed by atoms with E-state index in [1.54, 1.807) is 17.1 Å². The number of halogens is 1. The number of piperazine rings is 1. The van der Waals surface area contributed by atoms with Crippen LogP contribution in [0.1, 0.15) is 21.5 Å². The number of amides is 2. The summed E-state index contributed by atoms with van der Waals surface area (Å²) in [5, 5.41) is 5.02. The lowest BCUT2D eigenvalue weighted by molar-refractivity contribution is -0.120. The molecule has 1 saturated heterocycles. The number of nitrogens with zero attached hydrogens (tertiary/aromatic N) is 5. The van der Waals surface area contributed by atoms with Crippen LogP contribution in [0.5, 0.6) is 0 Å². The summed E-state index contributed by atoms with van der Waals surface area (Å²) in [5.41, 5.74) is 3.79. The van der Waals surface area contributed by atoms with Gasteiger partial charge in [-0.2, -0.15) is 5.10 Å². The minimum Gasteiger partial charge on any atom is -0.336 e. The molecule has 2 aliphatic rings. The zero-order valence-electron chi connectivity index (χ0n) is 18.4. The van der Waals surface area contributed by atoms with E-state index in [-0.39, 0.29) is 11.8 Å². The minimum absolute atomic E-state index is 0.0279. The lowest BCUT2D eigenvalue weighted by Gasteiger charge is -2.34. The number of carbonyl (C=O) groups is 2. The number of anilines is 1. The molecular formula is C25H26ClN5O2. The van der Waals surface area contributed by atoms with E-state index in [4.69, 9.17) is 11.6 Å². The quantitative estimate of drug-likeness (QED) is 0.583. The molecule has 0 bridgehead atoms. The van der Waals surface area contributed by atoms with Crippen molar-refractivity contribution < 1.29 is 9.59 Å². The van der Waals surface area contributed by atoms with Gasteiger partial charge in [0.2, 0.25) is 5.91 Å². The Kier molecular flexibility index (Phi) is 6.15. The van der Waals surface area contributed by atoms with Crippen LogP contribution in [0.3, 0.4) is 0 Å². The fourth-order valence-corrected chi connectivity index (χ4v) is 4.72.